The lowest BCUT2D eigenvalue weighted by atomic mass is 9.94. The zero-order valence-electron chi connectivity index (χ0n) is 21.5. The first-order valence-corrected chi connectivity index (χ1v) is 14.2. The molecule has 1 N–H and O–H groups in total. The highest BCUT2D eigenvalue weighted by Gasteiger charge is 2.17. The molecule has 8 aromatic rings. The summed E-state index contributed by atoms with van der Waals surface area (Å²) in [5.41, 5.74) is 8.50. The Bertz CT molecular complexity index is 2240. The molecule has 2 heterocycles. The van der Waals surface area contributed by atoms with E-state index in [-0.39, 0.29) is 0 Å². The first-order valence-electron chi connectivity index (χ1n) is 13.4. The second-order valence-corrected chi connectivity index (χ2v) is 11.1. The number of benzene rings is 6. The van der Waals surface area contributed by atoms with Gasteiger partial charge in [-0.2, -0.15) is 0 Å². The van der Waals surface area contributed by atoms with Gasteiger partial charge in [0.25, 0.3) is 0 Å². The van der Waals surface area contributed by atoms with Crippen molar-refractivity contribution in [2.45, 2.75) is 0 Å². The molecular weight excluding hydrogens is 506 g/mol. The molecule has 0 amide bonds. The molecule has 2 aromatic heterocycles. The fraction of sp³-hybridized carbons (Fsp3) is 0. The number of furan rings is 1. The van der Waals surface area contributed by atoms with Crippen molar-refractivity contribution in [3.63, 3.8) is 0 Å². The molecule has 2 nitrogen and oxygen atoms in total. The fourth-order valence-electron chi connectivity index (χ4n) is 5.82. The second kappa shape index (κ2) is 9.04. The molecule has 8 rings (SSSR count). The minimum absolute atomic E-state index is 0.489. The summed E-state index contributed by atoms with van der Waals surface area (Å²) in [5, 5.41) is 13.9. The van der Waals surface area contributed by atoms with E-state index in [1.54, 1.807) is 0 Å². The van der Waals surface area contributed by atoms with Crippen molar-refractivity contribution < 1.29 is 4.42 Å². The van der Waals surface area contributed by atoms with Crippen LogP contribution in [0.2, 0.25) is 0 Å². The molecule has 0 radical (unpaired) electrons. The Kier molecular flexibility index (Phi) is 5.19. The minimum atomic E-state index is 0.489. The Morgan fingerprint density at radius 2 is 1.32 bits per heavy atom. The van der Waals surface area contributed by atoms with Gasteiger partial charge < -0.3 is 4.42 Å². The van der Waals surface area contributed by atoms with Crippen LogP contribution in [0.3, 0.4) is 0 Å². The Balaban J connectivity index is 1.30. The zero-order valence-corrected chi connectivity index (χ0v) is 22.3. The monoisotopic (exact) mass is 529 g/mol. The zero-order chi connectivity index (χ0) is 26.6. The molecule has 0 spiro atoms. The summed E-state index contributed by atoms with van der Waals surface area (Å²) >= 11 is 1.84. The van der Waals surface area contributed by atoms with Crippen LogP contribution in [0.15, 0.2) is 138 Å². The number of hydrogen-bond acceptors (Lipinski definition) is 3. The Morgan fingerprint density at radius 1 is 0.550 bits per heavy atom. The van der Waals surface area contributed by atoms with Gasteiger partial charge >= 0.3 is 0 Å². The molecule has 0 aliphatic carbocycles. The number of nitrogens with one attached hydrogen (secondary N) is 1. The number of thiophene rings is 1. The third-order valence-electron chi connectivity index (χ3n) is 7.74. The van der Waals surface area contributed by atoms with Gasteiger partial charge in [0.2, 0.25) is 0 Å². The largest absolute Gasteiger partial charge is 0.456 e. The molecule has 0 aliphatic rings. The summed E-state index contributed by atoms with van der Waals surface area (Å²) in [4.78, 5) is 0. The topological polar surface area (TPSA) is 37.0 Å². The molecule has 40 heavy (non-hydrogen) atoms. The van der Waals surface area contributed by atoms with Crippen molar-refractivity contribution in [1.29, 1.82) is 5.41 Å². The molecule has 0 unspecified atom stereocenters. The van der Waals surface area contributed by atoms with E-state index in [2.05, 4.69) is 84.9 Å². The highest BCUT2D eigenvalue weighted by atomic mass is 32.1. The molecule has 0 fully saturated rings. The average molecular weight is 530 g/mol. The Morgan fingerprint density at radius 3 is 2.25 bits per heavy atom. The van der Waals surface area contributed by atoms with Gasteiger partial charge in [-0.05, 0) is 52.6 Å². The van der Waals surface area contributed by atoms with Gasteiger partial charge in [0.15, 0.2) is 0 Å². The van der Waals surface area contributed by atoms with Crippen molar-refractivity contribution in [3.8, 4) is 22.3 Å². The van der Waals surface area contributed by atoms with E-state index in [0.717, 1.165) is 49.8 Å². The van der Waals surface area contributed by atoms with Crippen LogP contribution in [0.1, 0.15) is 11.1 Å². The molecule has 0 saturated carbocycles. The molecule has 6 aromatic carbocycles. The van der Waals surface area contributed by atoms with Gasteiger partial charge in [0.1, 0.15) is 11.2 Å². The van der Waals surface area contributed by atoms with E-state index in [1.807, 2.05) is 59.9 Å². The molecule has 0 bridgehead atoms. The molecule has 0 saturated heterocycles. The number of hydrogen-bond donors (Lipinski definition) is 1. The third kappa shape index (κ3) is 3.59. The molecule has 0 aliphatic heterocycles. The van der Waals surface area contributed by atoms with E-state index in [0.29, 0.717) is 5.71 Å². The van der Waals surface area contributed by atoms with E-state index < -0.39 is 0 Å². The van der Waals surface area contributed by atoms with Crippen molar-refractivity contribution in [2.75, 3.05) is 0 Å². The highest BCUT2D eigenvalue weighted by molar-refractivity contribution is 7.26. The Labute approximate surface area is 235 Å². The van der Waals surface area contributed by atoms with Gasteiger partial charge in [-0.3, -0.25) is 5.41 Å². The fourth-order valence-corrected chi connectivity index (χ4v) is 7.06. The SMILES string of the molecule is N=C(c1cccc(-c2ccccc2)c1)c1cccc2oc3ccc(-c4cccc5c4sc4ccccc45)cc3c12. The maximum absolute atomic E-state index is 9.27. The smallest absolute Gasteiger partial charge is 0.136 e. The lowest BCUT2D eigenvalue weighted by Gasteiger charge is -2.09. The average Bonchev–Trinajstić information content (AvgIpc) is 3.59. The van der Waals surface area contributed by atoms with Crippen LogP contribution in [0, 0.1) is 5.41 Å². The summed E-state index contributed by atoms with van der Waals surface area (Å²) in [6.07, 6.45) is 0. The van der Waals surface area contributed by atoms with Crippen LogP contribution in [-0.4, -0.2) is 5.71 Å². The van der Waals surface area contributed by atoms with Gasteiger partial charge in [-0.15, -0.1) is 11.3 Å². The standard InChI is InChI=1S/C37H23NOS/c38-36(26-12-6-11-24(21-26)23-9-2-1-3-10-23)30-16-8-17-33-35(30)31-22-25(19-20-32(31)39-33)27-14-7-15-29-28-13-4-5-18-34(28)40-37(27)29/h1-22,38H. The van der Waals surface area contributed by atoms with Crippen molar-refractivity contribution in [1.82, 2.24) is 0 Å². The molecule has 0 atom stereocenters. The lowest BCUT2D eigenvalue weighted by Crippen LogP contribution is -2.02. The van der Waals surface area contributed by atoms with Crippen LogP contribution < -0.4 is 0 Å². The summed E-state index contributed by atoms with van der Waals surface area (Å²) < 4.78 is 8.90. The predicted octanol–water partition coefficient (Wildman–Crippen LogP) is 10.7. The van der Waals surface area contributed by atoms with E-state index in [9.17, 15) is 5.41 Å². The molecule has 3 heteroatoms. The van der Waals surface area contributed by atoms with Gasteiger partial charge in [-0.25, -0.2) is 0 Å². The lowest BCUT2D eigenvalue weighted by molar-refractivity contribution is 0.669. The van der Waals surface area contributed by atoms with E-state index in [1.165, 1.54) is 25.7 Å². The van der Waals surface area contributed by atoms with E-state index in [4.69, 9.17) is 4.42 Å². The summed E-state index contributed by atoms with van der Waals surface area (Å²) in [7, 11) is 0. The summed E-state index contributed by atoms with van der Waals surface area (Å²) in [6.45, 7) is 0. The number of rotatable bonds is 4. The summed E-state index contributed by atoms with van der Waals surface area (Å²) in [6, 6.07) is 46.2. The Hall–Kier alpha value is -4.99. The highest BCUT2D eigenvalue weighted by Crippen LogP contribution is 2.42. The predicted molar refractivity (Wildman–Crippen MR) is 170 cm³/mol. The van der Waals surface area contributed by atoms with Crippen LogP contribution in [-0.2, 0) is 0 Å². The maximum Gasteiger partial charge on any atom is 0.136 e. The maximum atomic E-state index is 9.27. The van der Waals surface area contributed by atoms with Crippen LogP contribution in [0.5, 0.6) is 0 Å². The number of fused-ring (bicyclic) bond motifs is 6. The first-order chi connectivity index (χ1) is 19.7. The molecular formula is C37H23NOS. The van der Waals surface area contributed by atoms with Gasteiger partial charge in [0.05, 0.1) is 5.71 Å². The first kappa shape index (κ1) is 22.9. The van der Waals surface area contributed by atoms with Crippen molar-refractivity contribution in [3.05, 3.63) is 145 Å². The van der Waals surface area contributed by atoms with Gasteiger partial charge in [-0.1, -0.05) is 103 Å². The third-order valence-corrected chi connectivity index (χ3v) is 8.96. The van der Waals surface area contributed by atoms with Crippen LogP contribution >= 0.6 is 11.3 Å². The second-order valence-electron chi connectivity index (χ2n) is 10.1. The van der Waals surface area contributed by atoms with E-state index >= 15 is 0 Å². The van der Waals surface area contributed by atoms with Crippen molar-refractivity contribution >= 4 is 59.2 Å². The quantitative estimate of drug-likeness (QED) is 0.226. The van der Waals surface area contributed by atoms with Gasteiger partial charge in [0, 0.05) is 42.1 Å². The summed E-state index contributed by atoms with van der Waals surface area (Å²) in [5.74, 6) is 0. The molecule has 188 valence electrons. The van der Waals surface area contributed by atoms with Crippen molar-refractivity contribution in [2.24, 2.45) is 0 Å². The normalized spacial score (nSPS) is 11.6. The minimum Gasteiger partial charge on any atom is -0.456 e. The van der Waals surface area contributed by atoms with Crippen LogP contribution in [0.4, 0.5) is 0 Å². The van der Waals surface area contributed by atoms with Crippen LogP contribution in [0.25, 0.3) is 64.4 Å².